The Bertz CT molecular complexity index is 781. The summed E-state index contributed by atoms with van der Waals surface area (Å²) in [7, 11) is 0. The maximum Gasteiger partial charge on any atom is 0.294 e. The number of amides is 1. The molecule has 0 aliphatic rings. The number of para-hydroxylation sites is 2. The van der Waals surface area contributed by atoms with Crippen LogP contribution in [0.5, 0.6) is 0 Å². The van der Waals surface area contributed by atoms with E-state index in [2.05, 4.69) is 21.1 Å². The first kappa shape index (κ1) is 17.4. The fraction of sp³-hybridized carbons (Fsp3) is 0.133. The molecule has 2 aromatic rings. The second kappa shape index (κ2) is 8.02. The third kappa shape index (κ3) is 4.50. The summed E-state index contributed by atoms with van der Waals surface area (Å²) >= 11 is 6.10. The van der Waals surface area contributed by atoms with Crippen molar-refractivity contribution in [2.24, 2.45) is 10.3 Å². The van der Waals surface area contributed by atoms with E-state index in [-0.39, 0.29) is 17.3 Å². The van der Waals surface area contributed by atoms with Crippen LogP contribution < -0.4 is 10.7 Å². The Morgan fingerprint density at radius 2 is 1.88 bits per heavy atom. The SMILES string of the molecule is CC(=O)NC(N=NNc1ccccc1[N+](=O)[O-])c1ccccc1Cl. The molecule has 0 heterocycles. The third-order valence-corrected chi connectivity index (χ3v) is 3.33. The molecule has 0 fully saturated rings. The molecule has 24 heavy (non-hydrogen) atoms. The first-order chi connectivity index (χ1) is 11.5. The summed E-state index contributed by atoms with van der Waals surface area (Å²) in [5.41, 5.74) is 3.12. The summed E-state index contributed by atoms with van der Waals surface area (Å²) in [4.78, 5) is 21.8. The van der Waals surface area contributed by atoms with Crippen molar-refractivity contribution in [2.45, 2.75) is 13.1 Å². The Morgan fingerprint density at radius 3 is 2.54 bits per heavy atom. The minimum Gasteiger partial charge on any atom is -0.329 e. The molecule has 1 atom stereocenters. The van der Waals surface area contributed by atoms with Crippen LogP contribution in [0.3, 0.4) is 0 Å². The Balaban J connectivity index is 2.21. The largest absolute Gasteiger partial charge is 0.329 e. The van der Waals surface area contributed by atoms with Crippen LogP contribution in [0.15, 0.2) is 58.9 Å². The number of hydrogen-bond donors (Lipinski definition) is 2. The van der Waals surface area contributed by atoms with E-state index >= 15 is 0 Å². The predicted molar refractivity (Wildman–Crippen MR) is 89.6 cm³/mol. The highest BCUT2D eigenvalue weighted by Gasteiger charge is 2.15. The van der Waals surface area contributed by atoms with Crippen molar-refractivity contribution < 1.29 is 9.72 Å². The normalized spacial score (nSPS) is 11.9. The molecule has 124 valence electrons. The number of benzene rings is 2. The van der Waals surface area contributed by atoms with Crippen LogP contribution in [0.1, 0.15) is 18.7 Å². The van der Waals surface area contributed by atoms with Gasteiger partial charge in [-0.15, -0.1) is 5.11 Å². The van der Waals surface area contributed by atoms with Crippen LogP contribution in [-0.2, 0) is 4.79 Å². The van der Waals surface area contributed by atoms with E-state index in [4.69, 9.17) is 11.6 Å². The van der Waals surface area contributed by atoms with Crippen molar-refractivity contribution in [3.8, 4) is 0 Å². The molecule has 9 heteroatoms. The second-order valence-corrected chi connectivity index (χ2v) is 5.13. The molecule has 2 rings (SSSR count). The number of hydrogen-bond acceptors (Lipinski definition) is 5. The molecule has 0 saturated carbocycles. The van der Waals surface area contributed by atoms with Crippen molar-refractivity contribution >= 4 is 28.9 Å². The van der Waals surface area contributed by atoms with Gasteiger partial charge in [-0.2, -0.15) is 0 Å². The van der Waals surface area contributed by atoms with Gasteiger partial charge in [0.1, 0.15) is 5.69 Å². The fourth-order valence-electron chi connectivity index (χ4n) is 1.93. The van der Waals surface area contributed by atoms with Crippen LogP contribution in [0.25, 0.3) is 0 Å². The highest BCUT2D eigenvalue weighted by Crippen LogP contribution is 2.26. The molecule has 2 N–H and O–H groups in total. The maximum absolute atomic E-state index is 11.3. The first-order valence-electron chi connectivity index (χ1n) is 6.90. The first-order valence-corrected chi connectivity index (χ1v) is 7.27. The molecular weight excluding hydrogens is 334 g/mol. The summed E-state index contributed by atoms with van der Waals surface area (Å²) in [6.07, 6.45) is -0.813. The van der Waals surface area contributed by atoms with Gasteiger partial charge in [-0.05, 0) is 12.1 Å². The number of anilines is 1. The van der Waals surface area contributed by atoms with Gasteiger partial charge in [-0.25, -0.2) is 0 Å². The van der Waals surface area contributed by atoms with Gasteiger partial charge >= 0.3 is 0 Å². The molecule has 1 amide bonds. The van der Waals surface area contributed by atoms with Crippen molar-refractivity contribution in [1.29, 1.82) is 0 Å². The molecule has 2 aromatic carbocycles. The van der Waals surface area contributed by atoms with Crippen LogP contribution in [0.4, 0.5) is 11.4 Å². The Labute approximate surface area is 142 Å². The molecule has 8 nitrogen and oxygen atoms in total. The second-order valence-electron chi connectivity index (χ2n) is 4.73. The van der Waals surface area contributed by atoms with Crippen molar-refractivity contribution in [1.82, 2.24) is 5.32 Å². The maximum atomic E-state index is 11.3. The van der Waals surface area contributed by atoms with Crippen molar-refractivity contribution in [3.63, 3.8) is 0 Å². The Morgan fingerprint density at radius 1 is 1.21 bits per heavy atom. The van der Waals surface area contributed by atoms with Gasteiger partial charge in [0.2, 0.25) is 5.91 Å². The summed E-state index contributed by atoms with van der Waals surface area (Å²) in [5.74, 6) is -0.315. The van der Waals surface area contributed by atoms with E-state index in [1.165, 1.54) is 19.1 Å². The van der Waals surface area contributed by atoms with Crippen molar-refractivity contribution in [2.75, 3.05) is 5.43 Å². The molecule has 0 saturated heterocycles. The number of rotatable bonds is 6. The zero-order chi connectivity index (χ0) is 17.5. The lowest BCUT2D eigenvalue weighted by molar-refractivity contribution is -0.384. The quantitative estimate of drug-likeness (QED) is 0.469. The average molecular weight is 348 g/mol. The van der Waals surface area contributed by atoms with E-state index in [0.717, 1.165) is 0 Å². The van der Waals surface area contributed by atoms with E-state index in [0.29, 0.717) is 10.6 Å². The lowest BCUT2D eigenvalue weighted by Gasteiger charge is -2.13. The monoisotopic (exact) mass is 347 g/mol. The molecule has 0 aromatic heterocycles. The smallest absolute Gasteiger partial charge is 0.294 e. The molecule has 0 aliphatic carbocycles. The number of carbonyl (C=O) groups is 1. The van der Waals surface area contributed by atoms with Crippen molar-refractivity contribution in [3.05, 3.63) is 69.2 Å². The zero-order valence-electron chi connectivity index (χ0n) is 12.6. The topological polar surface area (TPSA) is 109 Å². The molecular formula is C15H14ClN5O3. The van der Waals surface area contributed by atoms with E-state index in [9.17, 15) is 14.9 Å². The molecule has 0 spiro atoms. The predicted octanol–water partition coefficient (Wildman–Crippen LogP) is 3.86. The van der Waals surface area contributed by atoms with Gasteiger partial charge in [-0.1, -0.05) is 47.2 Å². The number of nitrogens with one attached hydrogen (secondary N) is 2. The molecule has 1 unspecified atom stereocenters. The summed E-state index contributed by atoms with van der Waals surface area (Å²) in [6, 6.07) is 12.9. The third-order valence-electron chi connectivity index (χ3n) is 2.98. The van der Waals surface area contributed by atoms with Gasteiger partial charge in [0.15, 0.2) is 6.17 Å². The minimum absolute atomic E-state index is 0.134. The Hall–Kier alpha value is -3.00. The van der Waals surface area contributed by atoms with E-state index in [1.54, 1.807) is 36.4 Å². The van der Waals surface area contributed by atoms with E-state index in [1.807, 2.05) is 0 Å². The fourth-order valence-corrected chi connectivity index (χ4v) is 2.17. The van der Waals surface area contributed by atoms with Gasteiger partial charge in [0, 0.05) is 23.6 Å². The summed E-state index contributed by atoms with van der Waals surface area (Å²) in [6.45, 7) is 1.34. The highest BCUT2D eigenvalue weighted by molar-refractivity contribution is 6.31. The zero-order valence-corrected chi connectivity index (χ0v) is 13.4. The molecule has 0 bridgehead atoms. The van der Waals surface area contributed by atoms with E-state index < -0.39 is 11.1 Å². The molecule has 0 radical (unpaired) electrons. The number of nitrogens with zero attached hydrogens (tertiary/aromatic N) is 3. The van der Waals surface area contributed by atoms with Gasteiger partial charge < -0.3 is 5.32 Å². The lowest BCUT2D eigenvalue weighted by atomic mass is 10.2. The van der Waals surface area contributed by atoms with Crippen LogP contribution in [0, 0.1) is 10.1 Å². The van der Waals surface area contributed by atoms with Gasteiger partial charge in [-0.3, -0.25) is 20.3 Å². The number of carbonyl (C=O) groups excluding carboxylic acids is 1. The summed E-state index contributed by atoms with van der Waals surface area (Å²) < 4.78 is 0. The minimum atomic E-state index is -0.813. The van der Waals surface area contributed by atoms with Crippen LogP contribution in [-0.4, -0.2) is 10.8 Å². The molecule has 0 aliphatic heterocycles. The standard InChI is InChI=1S/C15H14ClN5O3/c1-10(22)17-15(11-6-2-3-7-12(11)16)19-20-18-13-8-4-5-9-14(13)21(23)24/h2-9,15H,1H3,(H,17,22)(H,18,19). The number of halogens is 1. The Kier molecular flexibility index (Phi) is 5.80. The van der Waals surface area contributed by atoms with Crippen LogP contribution in [0.2, 0.25) is 5.02 Å². The number of nitro benzene ring substituents is 1. The lowest BCUT2D eigenvalue weighted by Crippen LogP contribution is -2.24. The van der Waals surface area contributed by atoms with Gasteiger partial charge in [0.05, 0.1) is 4.92 Å². The highest BCUT2D eigenvalue weighted by atomic mass is 35.5. The van der Waals surface area contributed by atoms with Crippen LogP contribution >= 0.6 is 11.6 Å². The number of nitro groups is 1. The summed E-state index contributed by atoms with van der Waals surface area (Å²) in [5, 5.41) is 21.7. The average Bonchev–Trinajstić information content (AvgIpc) is 2.54. The van der Waals surface area contributed by atoms with Gasteiger partial charge in [0.25, 0.3) is 5.69 Å².